The highest BCUT2D eigenvalue weighted by Gasteiger charge is 2.19. The molecular weight excluding hydrogens is 351 g/mol. The number of hydrogen-bond donors (Lipinski definition) is 1. The molecule has 0 saturated heterocycles. The van der Waals surface area contributed by atoms with Crippen molar-refractivity contribution in [3.8, 4) is 0 Å². The Balaban J connectivity index is 2.88. The predicted octanol–water partition coefficient (Wildman–Crippen LogP) is 3.75. The highest BCUT2D eigenvalue weighted by molar-refractivity contribution is 14.1. The van der Waals surface area contributed by atoms with Crippen LogP contribution in [0.25, 0.3) is 0 Å². The molecule has 0 amide bonds. The maximum Gasteiger partial charge on any atom is 0.293 e. The van der Waals surface area contributed by atoms with E-state index in [1.54, 1.807) is 23.9 Å². The van der Waals surface area contributed by atoms with Crippen LogP contribution in [-0.2, 0) is 0 Å². The van der Waals surface area contributed by atoms with Crippen LogP contribution >= 0.6 is 34.4 Å². The van der Waals surface area contributed by atoms with Gasteiger partial charge in [0, 0.05) is 20.9 Å². The molecule has 0 spiro atoms. The Morgan fingerprint density at radius 1 is 1.53 bits per heavy atom. The third-order valence-electron chi connectivity index (χ3n) is 2.41. The Bertz CT molecular complexity index is 424. The zero-order valence-corrected chi connectivity index (χ0v) is 13.0. The molecule has 0 radical (unpaired) electrons. The van der Waals surface area contributed by atoms with Crippen LogP contribution in [0, 0.1) is 13.7 Å². The maximum atomic E-state index is 10.9. The van der Waals surface area contributed by atoms with Gasteiger partial charge in [-0.05, 0) is 54.8 Å². The first-order valence-electron chi connectivity index (χ1n) is 5.09. The topological polar surface area (TPSA) is 55.2 Å². The molecule has 1 rings (SSSR count). The lowest BCUT2D eigenvalue weighted by Crippen LogP contribution is -2.26. The first-order chi connectivity index (χ1) is 7.85. The van der Waals surface area contributed by atoms with Gasteiger partial charge in [0.2, 0.25) is 0 Å². The molecule has 0 bridgehead atoms. The number of nitro benzene ring substituents is 1. The summed E-state index contributed by atoms with van der Waals surface area (Å²) in [6.07, 6.45) is 2.03. The van der Waals surface area contributed by atoms with E-state index in [9.17, 15) is 10.1 Å². The number of rotatable bonds is 5. The lowest BCUT2D eigenvalue weighted by Gasteiger charge is -2.22. The van der Waals surface area contributed by atoms with Crippen molar-refractivity contribution < 1.29 is 4.92 Å². The van der Waals surface area contributed by atoms with Gasteiger partial charge in [-0.3, -0.25) is 10.1 Å². The Morgan fingerprint density at radius 3 is 2.71 bits per heavy atom. The summed E-state index contributed by atoms with van der Waals surface area (Å²) in [5, 5.41) is 14.1. The van der Waals surface area contributed by atoms with Gasteiger partial charge in [0.1, 0.15) is 5.69 Å². The van der Waals surface area contributed by atoms with Crippen molar-refractivity contribution in [2.24, 2.45) is 0 Å². The van der Waals surface area contributed by atoms with Gasteiger partial charge in [0.05, 0.1) is 4.92 Å². The van der Waals surface area contributed by atoms with E-state index in [-0.39, 0.29) is 15.4 Å². The third kappa shape index (κ3) is 4.34. The summed E-state index contributed by atoms with van der Waals surface area (Å²) in [5.74, 6) is 0. The average molecular weight is 366 g/mol. The molecule has 0 heterocycles. The van der Waals surface area contributed by atoms with E-state index in [2.05, 4.69) is 41.8 Å². The molecule has 4 nitrogen and oxygen atoms in total. The van der Waals surface area contributed by atoms with Gasteiger partial charge < -0.3 is 5.32 Å². The van der Waals surface area contributed by atoms with Gasteiger partial charge in [-0.1, -0.05) is 0 Å². The molecule has 0 aromatic heterocycles. The standard InChI is InChI=1S/C11H15IN2O2S/c1-11(2,17-3)7-13-9-5-4-8(12)6-10(9)14(15)16/h4-6,13H,7H2,1-3H3. The average Bonchev–Trinajstić information content (AvgIpc) is 2.27. The summed E-state index contributed by atoms with van der Waals surface area (Å²) in [6.45, 7) is 4.89. The zero-order chi connectivity index (χ0) is 13.1. The molecule has 1 aromatic carbocycles. The Labute approximate surface area is 119 Å². The summed E-state index contributed by atoms with van der Waals surface area (Å²) < 4.78 is 0.917. The molecule has 1 N–H and O–H groups in total. The molecule has 0 saturated carbocycles. The van der Waals surface area contributed by atoms with E-state index in [0.29, 0.717) is 12.2 Å². The van der Waals surface area contributed by atoms with E-state index < -0.39 is 0 Å². The van der Waals surface area contributed by atoms with Crippen molar-refractivity contribution in [2.45, 2.75) is 18.6 Å². The third-order valence-corrected chi connectivity index (χ3v) is 4.33. The van der Waals surface area contributed by atoms with Crippen LogP contribution in [0.5, 0.6) is 0 Å². The molecule has 0 unspecified atom stereocenters. The van der Waals surface area contributed by atoms with E-state index >= 15 is 0 Å². The van der Waals surface area contributed by atoms with Crippen molar-refractivity contribution in [1.82, 2.24) is 0 Å². The number of hydrogen-bond acceptors (Lipinski definition) is 4. The molecule has 0 atom stereocenters. The molecule has 17 heavy (non-hydrogen) atoms. The van der Waals surface area contributed by atoms with Crippen molar-refractivity contribution >= 4 is 45.7 Å². The maximum absolute atomic E-state index is 10.9. The molecule has 1 aromatic rings. The van der Waals surface area contributed by atoms with Crippen molar-refractivity contribution in [3.05, 3.63) is 31.9 Å². The number of anilines is 1. The number of benzene rings is 1. The van der Waals surface area contributed by atoms with Gasteiger partial charge in [0.25, 0.3) is 5.69 Å². The van der Waals surface area contributed by atoms with Crippen LogP contribution in [0.1, 0.15) is 13.8 Å². The van der Waals surface area contributed by atoms with Gasteiger partial charge in [-0.25, -0.2) is 0 Å². The second kappa shape index (κ2) is 5.90. The second-order valence-corrected chi connectivity index (χ2v) is 7.00. The Kier molecular flexibility index (Phi) is 5.05. The molecule has 0 fully saturated rings. The minimum Gasteiger partial charge on any atom is -0.378 e. The van der Waals surface area contributed by atoms with Crippen LogP contribution in [0.2, 0.25) is 0 Å². The number of halogens is 1. The second-order valence-electron chi connectivity index (χ2n) is 4.24. The van der Waals surface area contributed by atoms with Gasteiger partial charge in [-0.2, -0.15) is 11.8 Å². The molecule has 0 aliphatic carbocycles. The minimum absolute atomic E-state index is 0.0524. The first-order valence-corrected chi connectivity index (χ1v) is 7.39. The quantitative estimate of drug-likeness (QED) is 0.490. The first kappa shape index (κ1) is 14.6. The number of nitrogens with zero attached hydrogens (tertiary/aromatic N) is 1. The summed E-state index contributed by atoms with van der Waals surface area (Å²) >= 11 is 3.80. The van der Waals surface area contributed by atoms with Crippen LogP contribution in [-0.4, -0.2) is 22.5 Å². The fourth-order valence-electron chi connectivity index (χ4n) is 1.19. The summed E-state index contributed by atoms with van der Waals surface area (Å²) in [5.41, 5.74) is 0.714. The number of thioether (sulfide) groups is 1. The van der Waals surface area contributed by atoms with Crippen LogP contribution < -0.4 is 5.32 Å². The highest BCUT2D eigenvalue weighted by atomic mass is 127. The molecule has 94 valence electrons. The van der Waals surface area contributed by atoms with Crippen molar-refractivity contribution in [1.29, 1.82) is 0 Å². The van der Waals surface area contributed by atoms with Crippen LogP contribution in [0.15, 0.2) is 18.2 Å². The summed E-state index contributed by atoms with van der Waals surface area (Å²) in [4.78, 5) is 10.6. The fourth-order valence-corrected chi connectivity index (χ4v) is 1.88. The molecular formula is C11H15IN2O2S. The Hall–Kier alpha value is -0.500. The fraction of sp³-hybridized carbons (Fsp3) is 0.455. The largest absolute Gasteiger partial charge is 0.378 e. The monoisotopic (exact) mass is 366 g/mol. The molecule has 6 heteroatoms. The van der Waals surface area contributed by atoms with E-state index in [0.717, 1.165) is 3.57 Å². The lowest BCUT2D eigenvalue weighted by molar-refractivity contribution is -0.384. The van der Waals surface area contributed by atoms with Gasteiger partial charge in [-0.15, -0.1) is 0 Å². The highest BCUT2D eigenvalue weighted by Crippen LogP contribution is 2.28. The number of nitro groups is 1. The minimum atomic E-state index is -0.351. The van der Waals surface area contributed by atoms with Crippen molar-refractivity contribution in [2.75, 3.05) is 18.1 Å². The van der Waals surface area contributed by atoms with Crippen LogP contribution in [0.3, 0.4) is 0 Å². The van der Waals surface area contributed by atoms with Gasteiger partial charge in [0.15, 0.2) is 0 Å². The number of nitrogens with one attached hydrogen (secondary N) is 1. The van der Waals surface area contributed by atoms with Gasteiger partial charge >= 0.3 is 0 Å². The SMILES string of the molecule is CSC(C)(C)CNc1ccc(I)cc1[N+](=O)[O-]. The molecule has 0 aliphatic heterocycles. The molecule has 0 aliphatic rings. The summed E-state index contributed by atoms with van der Waals surface area (Å²) in [6, 6.07) is 5.20. The Morgan fingerprint density at radius 2 is 2.18 bits per heavy atom. The normalized spacial score (nSPS) is 11.3. The van der Waals surface area contributed by atoms with Crippen molar-refractivity contribution in [3.63, 3.8) is 0 Å². The zero-order valence-electron chi connectivity index (χ0n) is 9.99. The summed E-state index contributed by atoms with van der Waals surface area (Å²) in [7, 11) is 0. The van der Waals surface area contributed by atoms with E-state index in [1.165, 1.54) is 0 Å². The lowest BCUT2D eigenvalue weighted by atomic mass is 10.2. The van der Waals surface area contributed by atoms with Crippen LogP contribution in [0.4, 0.5) is 11.4 Å². The smallest absolute Gasteiger partial charge is 0.293 e. The van der Waals surface area contributed by atoms with E-state index in [4.69, 9.17) is 0 Å². The predicted molar refractivity (Wildman–Crippen MR) is 81.9 cm³/mol. The van der Waals surface area contributed by atoms with E-state index in [1.807, 2.05) is 12.3 Å².